The van der Waals surface area contributed by atoms with Crippen molar-refractivity contribution in [1.82, 2.24) is 19.5 Å². The number of benzene rings is 1. The van der Waals surface area contributed by atoms with E-state index >= 15 is 0 Å². The lowest BCUT2D eigenvalue weighted by atomic mass is 10.1. The number of sulfonamides is 1. The van der Waals surface area contributed by atoms with Crippen LogP contribution in [0.1, 0.15) is 19.1 Å². The largest absolute Gasteiger partial charge is 0.456 e. The van der Waals surface area contributed by atoms with Crippen LogP contribution in [0, 0.1) is 0 Å². The van der Waals surface area contributed by atoms with Gasteiger partial charge < -0.3 is 9.32 Å². The molecule has 5 rings (SSSR count). The van der Waals surface area contributed by atoms with E-state index in [4.69, 9.17) is 4.42 Å². The van der Waals surface area contributed by atoms with Gasteiger partial charge >= 0.3 is 0 Å². The molecule has 11 heteroatoms. The second-order valence-corrected chi connectivity index (χ2v) is 11.3. The number of carbonyl (C=O) groups excluding carboxylic acids is 2. The zero-order valence-electron chi connectivity index (χ0n) is 19.1. The molecule has 0 atom stereocenters. The smallest absolute Gasteiger partial charge is 0.290 e. The molecule has 0 bridgehead atoms. The first-order valence-electron chi connectivity index (χ1n) is 11.3. The van der Waals surface area contributed by atoms with Crippen molar-refractivity contribution >= 4 is 50.0 Å². The Kier molecular flexibility index (Phi) is 6.49. The second kappa shape index (κ2) is 9.57. The fourth-order valence-corrected chi connectivity index (χ4v) is 6.36. The van der Waals surface area contributed by atoms with Gasteiger partial charge in [0, 0.05) is 55.6 Å². The molecule has 0 unspecified atom stereocenters. The summed E-state index contributed by atoms with van der Waals surface area (Å²) >= 11 is 0.819. The van der Waals surface area contributed by atoms with Crippen LogP contribution in [0.15, 0.2) is 56.9 Å². The molecule has 3 aromatic rings. The minimum absolute atomic E-state index is 0.254. The van der Waals surface area contributed by atoms with Crippen molar-refractivity contribution in [2.75, 3.05) is 32.7 Å². The third-order valence-corrected chi connectivity index (χ3v) is 8.75. The number of nitrogens with zero attached hydrogens (tertiary/aromatic N) is 3. The highest BCUT2D eigenvalue weighted by Crippen LogP contribution is 2.33. The van der Waals surface area contributed by atoms with Gasteiger partial charge in [0.15, 0.2) is 0 Å². The number of imide groups is 1. The Morgan fingerprint density at radius 3 is 2.51 bits per heavy atom. The first-order chi connectivity index (χ1) is 16.8. The van der Waals surface area contributed by atoms with E-state index < -0.39 is 21.2 Å². The summed E-state index contributed by atoms with van der Waals surface area (Å²) in [6, 6.07) is 8.46. The van der Waals surface area contributed by atoms with Crippen LogP contribution in [-0.2, 0) is 14.8 Å². The van der Waals surface area contributed by atoms with Gasteiger partial charge in [0.1, 0.15) is 11.3 Å². The number of piperazine rings is 1. The fraction of sp³-hybridized carbons (Fsp3) is 0.292. The fourth-order valence-electron chi connectivity index (χ4n) is 4.27. The number of amides is 2. The Balaban J connectivity index is 1.39. The summed E-state index contributed by atoms with van der Waals surface area (Å²) in [7, 11) is -3.57. The van der Waals surface area contributed by atoms with E-state index in [0.717, 1.165) is 48.8 Å². The van der Waals surface area contributed by atoms with Crippen LogP contribution in [0.4, 0.5) is 4.79 Å². The van der Waals surface area contributed by atoms with E-state index in [0.29, 0.717) is 30.0 Å². The molecule has 35 heavy (non-hydrogen) atoms. The van der Waals surface area contributed by atoms with Gasteiger partial charge in [0.25, 0.3) is 11.1 Å². The number of hydrogen-bond donors (Lipinski definition) is 1. The highest BCUT2D eigenvalue weighted by molar-refractivity contribution is 8.18. The molecule has 182 valence electrons. The lowest BCUT2D eigenvalue weighted by molar-refractivity contribution is -0.115. The average Bonchev–Trinajstić information content (AvgIpc) is 3.41. The number of nitrogens with one attached hydrogen (secondary N) is 1. The van der Waals surface area contributed by atoms with Crippen LogP contribution >= 0.6 is 11.8 Å². The Bertz CT molecular complexity index is 1420. The molecule has 1 N–H and O–H groups in total. The minimum atomic E-state index is -3.57. The lowest BCUT2D eigenvalue weighted by Gasteiger charge is -2.33. The molecular formula is C24H24N4O5S2. The number of thioether (sulfide) groups is 1. The predicted molar refractivity (Wildman–Crippen MR) is 134 cm³/mol. The summed E-state index contributed by atoms with van der Waals surface area (Å²) in [5, 5.41) is 2.52. The van der Waals surface area contributed by atoms with Gasteiger partial charge in [-0.15, -0.1) is 0 Å². The number of carbonyl (C=O) groups is 2. The number of furan rings is 1. The van der Waals surface area contributed by atoms with Gasteiger partial charge in [0.05, 0.1) is 9.80 Å². The summed E-state index contributed by atoms with van der Waals surface area (Å²) in [5.74, 6) is -0.0367. The van der Waals surface area contributed by atoms with E-state index in [-0.39, 0.29) is 9.80 Å². The van der Waals surface area contributed by atoms with E-state index in [1.807, 2.05) is 0 Å². The average molecular weight is 513 g/mol. The standard InChI is InChI=1S/C24H24N4O5S2/c1-2-7-27-8-10-28(11-9-27)35(31,32)19-5-3-16(4-6-19)20-15-25-14-17-12-18(33-22(17)20)13-21-23(29)26-24(30)34-21/h3-6,12-15H,2,7-11H2,1H3,(H,26,29,30)/b21-13-. The van der Waals surface area contributed by atoms with Gasteiger partial charge in [-0.3, -0.25) is 19.9 Å². The van der Waals surface area contributed by atoms with Crippen molar-refractivity contribution in [2.45, 2.75) is 18.2 Å². The van der Waals surface area contributed by atoms with Crippen LogP contribution in [-0.4, -0.2) is 66.5 Å². The summed E-state index contributed by atoms with van der Waals surface area (Å²) in [6.45, 7) is 5.56. The molecule has 0 saturated carbocycles. The van der Waals surface area contributed by atoms with Gasteiger partial charge in [-0.05, 0) is 48.5 Å². The van der Waals surface area contributed by atoms with Crippen molar-refractivity contribution in [3.8, 4) is 11.1 Å². The maximum Gasteiger partial charge on any atom is 0.290 e. The molecule has 2 aliphatic heterocycles. The van der Waals surface area contributed by atoms with Gasteiger partial charge in [-0.1, -0.05) is 19.1 Å². The number of aromatic nitrogens is 1. The van der Waals surface area contributed by atoms with Crippen molar-refractivity contribution in [3.05, 3.63) is 53.4 Å². The topological polar surface area (TPSA) is 113 Å². The SMILES string of the molecule is CCCN1CCN(S(=O)(=O)c2ccc(-c3cncc4cc(/C=C5\SC(=O)NC5=O)oc34)cc2)CC1. The zero-order valence-corrected chi connectivity index (χ0v) is 20.7. The van der Waals surface area contributed by atoms with Crippen LogP contribution in [0.5, 0.6) is 0 Å². The van der Waals surface area contributed by atoms with Crippen molar-refractivity contribution in [3.63, 3.8) is 0 Å². The molecule has 2 aromatic heterocycles. The third-order valence-electron chi connectivity index (χ3n) is 6.03. The maximum atomic E-state index is 13.1. The lowest BCUT2D eigenvalue weighted by Crippen LogP contribution is -2.48. The molecule has 2 aliphatic rings. The number of pyridine rings is 1. The molecule has 0 spiro atoms. The Morgan fingerprint density at radius 1 is 1.11 bits per heavy atom. The second-order valence-electron chi connectivity index (χ2n) is 8.38. The van der Waals surface area contributed by atoms with Gasteiger partial charge in [-0.2, -0.15) is 4.31 Å². The van der Waals surface area contributed by atoms with E-state index in [9.17, 15) is 18.0 Å². The van der Waals surface area contributed by atoms with Gasteiger partial charge in [0.2, 0.25) is 10.0 Å². The first-order valence-corrected chi connectivity index (χ1v) is 13.6. The molecule has 1 aromatic carbocycles. The maximum absolute atomic E-state index is 13.1. The van der Waals surface area contributed by atoms with Crippen LogP contribution < -0.4 is 5.32 Å². The highest BCUT2D eigenvalue weighted by Gasteiger charge is 2.28. The van der Waals surface area contributed by atoms with E-state index in [2.05, 4.69) is 22.1 Å². The van der Waals surface area contributed by atoms with Crippen LogP contribution in [0.25, 0.3) is 28.2 Å². The van der Waals surface area contributed by atoms with Crippen molar-refractivity contribution in [2.24, 2.45) is 0 Å². The first kappa shape index (κ1) is 23.7. The minimum Gasteiger partial charge on any atom is -0.456 e. The summed E-state index contributed by atoms with van der Waals surface area (Å²) in [4.78, 5) is 30.3. The Hall–Kier alpha value is -2.99. The van der Waals surface area contributed by atoms with E-state index in [1.165, 1.54) is 6.08 Å². The predicted octanol–water partition coefficient (Wildman–Crippen LogP) is 3.54. The summed E-state index contributed by atoms with van der Waals surface area (Å²) < 4.78 is 33.8. The van der Waals surface area contributed by atoms with Crippen molar-refractivity contribution < 1.29 is 22.4 Å². The van der Waals surface area contributed by atoms with Crippen LogP contribution in [0.3, 0.4) is 0 Å². The third kappa shape index (κ3) is 4.76. The van der Waals surface area contributed by atoms with Gasteiger partial charge in [-0.25, -0.2) is 8.42 Å². The zero-order chi connectivity index (χ0) is 24.6. The molecule has 2 amide bonds. The van der Waals surface area contributed by atoms with Crippen LogP contribution in [0.2, 0.25) is 0 Å². The van der Waals surface area contributed by atoms with E-state index in [1.54, 1.807) is 47.0 Å². The summed E-state index contributed by atoms with van der Waals surface area (Å²) in [6.07, 6.45) is 5.87. The molecule has 2 saturated heterocycles. The molecule has 0 radical (unpaired) electrons. The quantitative estimate of drug-likeness (QED) is 0.499. The summed E-state index contributed by atoms with van der Waals surface area (Å²) in [5.41, 5.74) is 2.01. The number of fused-ring (bicyclic) bond motifs is 1. The number of hydrogen-bond acceptors (Lipinski definition) is 8. The number of rotatable bonds is 6. The molecular weight excluding hydrogens is 488 g/mol. The molecule has 9 nitrogen and oxygen atoms in total. The highest BCUT2D eigenvalue weighted by atomic mass is 32.2. The normalized spacial score (nSPS) is 19.1. The Labute approximate surface area is 207 Å². The molecule has 4 heterocycles. The molecule has 0 aliphatic carbocycles. The monoisotopic (exact) mass is 512 g/mol. The van der Waals surface area contributed by atoms with Crippen molar-refractivity contribution in [1.29, 1.82) is 0 Å². The molecule has 2 fully saturated rings. The Morgan fingerprint density at radius 2 is 1.86 bits per heavy atom.